The highest BCUT2D eigenvalue weighted by atomic mass is 19.1. The number of nitro benzene ring substituents is 1. The van der Waals surface area contributed by atoms with Gasteiger partial charge in [0.2, 0.25) is 5.82 Å². The summed E-state index contributed by atoms with van der Waals surface area (Å²) in [6.45, 7) is 3.31. The van der Waals surface area contributed by atoms with Gasteiger partial charge in [0.25, 0.3) is 5.91 Å². The molecule has 1 aromatic carbocycles. The van der Waals surface area contributed by atoms with Crippen LogP contribution in [0.4, 0.5) is 10.1 Å². The number of nitrogens with zero attached hydrogens (tertiary/aromatic N) is 2. The average Bonchev–Trinajstić information content (AvgIpc) is 2.43. The Hall–Kier alpha value is -2.51. The van der Waals surface area contributed by atoms with Crippen molar-refractivity contribution in [1.29, 1.82) is 0 Å². The number of hydrogen-bond acceptors (Lipinski definition) is 4. The fourth-order valence-electron chi connectivity index (χ4n) is 1.73. The summed E-state index contributed by atoms with van der Waals surface area (Å²) >= 11 is 0. The van der Waals surface area contributed by atoms with Gasteiger partial charge < -0.3 is 10.0 Å². The van der Waals surface area contributed by atoms with Gasteiger partial charge in [-0.3, -0.25) is 19.7 Å². The molecule has 0 saturated heterocycles. The molecule has 0 saturated carbocycles. The van der Waals surface area contributed by atoms with Crippen LogP contribution < -0.4 is 0 Å². The first kappa shape index (κ1) is 16.5. The maximum Gasteiger partial charge on any atom is 0.308 e. The first-order chi connectivity index (χ1) is 9.77. The van der Waals surface area contributed by atoms with Gasteiger partial charge in [0.15, 0.2) is 0 Å². The fourth-order valence-corrected chi connectivity index (χ4v) is 1.73. The van der Waals surface area contributed by atoms with E-state index in [9.17, 15) is 24.1 Å². The zero-order valence-corrected chi connectivity index (χ0v) is 11.6. The van der Waals surface area contributed by atoms with Crippen LogP contribution in [0.1, 0.15) is 24.2 Å². The monoisotopic (exact) mass is 298 g/mol. The number of aliphatic carboxylic acids is 1. The van der Waals surface area contributed by atoms with E-state index in [1.54, 1.807) is 6.92 Å². The molecule has 21 heavy (non-hydrogen) atoms. The third-order valence-electron chi connectivity index (χ3n) is 2.97. The largest absolute Gasteiger partial charge is 0.481 e. The molecule has 0 radical (unpaired) electrons. The van der Waals surface area contributed by atoms with Crippen LogP contribution in [0.5, 0.6) is 0 Å². The van der Waals surface area contributed by atoms with Gasteiger partial charge >= 0.3 is 11.7 Å². The Morgan fingerprint density at radius 3 is 2.57 bits per heavy atom. The molecule has 0 aliphatic rings. The maximum absolute atomic E-state index is 13.2. The molecular formula is C13H15FN2O5. The Morgan fingerprint density at radius 2 is 2.10 bits per heavy atom. The first-order valence-corrected chi connectivity index (χ1v) is 6.24. The number of carboxylic acids is 1. The highest BCUT2D eigenvalue weighted by Gasteiger charge is 2.23. The van der Waals surface area contributed by atoms with Gasteiger partial charge in [-0.2, -0.15) is 4.39 Å². The van der Waals surface area contributed by atoms with Gasteiger partial charge in [0, 0.05) is 24.7 Å². The lowest BCUT2D eigenvalue weighted by atomic mass is 10.1. The minimum atomic E-state index is -1.05. The lowest BCUT2D eigenvalue weighted by molar-refractivity contribution is -0.387. The van der Waals surface area contributed by atoms with Crippen LogP contribution >= 0.6 is 0 Å². The number of carbonyl (C=O) groups excluding carboxylic acids is 1. The highest BCUT2D eigenvalue weighted by molar-refractivity contribution is 5.95. The predicted octanol–water partition coefficient (Wildman–Crippen LogP) is 1.92. The first-order valence-electron chi connectivity index (χ1n) is 6.24. The van der Waals surface area contributed by atoms with Crippen molar-refractivity contribution in [3.63, 3.8) is 0 Å². The van der Waals surface area contributed by atoms with E-state index in [0.29, 0.717) is 0 Å². The summed E-state index contributed by atoms with van der Waals surface area (Å²) in [6.07, 6.45) is 0. The van der Waals surface area contributed by atoms with E-state index < -0.39 is 34.2 Å². The van der Waals surface area contributed by atoms with E-state index in [4.69, 9.17) is 5.11 Å². The van der Waals surface area contributed by atoms with E-state index >= 15 is 0 Å². The van der Waals surface area contributed by atoms with Crippen LogP contribution in [0, 0.1) is 21.8 Å². The summed E-state index contributed by atoms with van der Waals surface area (Å²) in [6, 6.07) is 2.84. The van der Waals surface area contributed by atoms with Gasteiger partial charge in [0.1, 0.15) is 0 Å². The van der Waals surface area contributed by atoms with E-state index in [0.717, 1.165) is 18.2 Å². The maximum atomic E-state index is 13.2. The molecule has 0 heterocycles. The van der Waals surface area contributed by atoms with Crippen molar-refractivity contribution in [2.75, 3.05) is 13.1 Å². The zero-order valence-electron chi connectivity index (χ0n) is 11.6. The fraction of sp³-hybridized carbons (Fsp3) is 0.385. The molecule has 0 aliphatic heterocycles. The topological polar surface area (TPSA) is 101 Å². The third-order valence-corrected chi connectivity index (χ3v) is 2.97. The average molecular weight is 298 g/mol. The second-order valence-electron chi connectivity index (χ2n) is 4.51. The number of hydrogen-bond donors (Lipinski definition) is 1. The van der Waals surface area contributed by atoms with Crippen molar-refractivity contribution in [3.8, 4) is 0 Å². The molecule has 0 fully saturated rings. The SMILES string of the molecule is CCN(CC(C)C(=O)O)C(=O)c1ccc(F)c([N+](=O)[O-])c1. The second kappa shape index (κ2) is 6.78. The number of carbonyl (C=O) groups is 2. The third kappa shape index (κ3) is 3.98. The van der Waals surface area contributed by atoms with Crippen molar-refractivity contribution < 1.29 is 24.0 Å². The molecule has 8 heteroatoms. The van der Waals surface area contributed by atoms with Crippen LogP contribution in [0.15, 0.2) is 18.2 Å². The predicted molar refractivity (Wildman–Crippen MR) is 71.4 cm³/mol. The molecule has 1 atom stereocenters. The summed E-state index contributed by atoms with van der Waals surface area (Å²) in [5.74, 6) is -3.43. The van der Waals surface area contributed by atoms with E-state index in [1.165, 1.54) is 11.8 Å². The second-order valence-corrected chi connectivity index (χ2v) is 4.51. The molecule has 0 aliphatic carbocycles. The molecular weight excluding hydrogens is 283 g/mol. The van der Waals surface area contributed by atoms with Crippen LogP contribution in [0.2, 0.25) is 0 Å². The Kier molecular flexibility index (Phi) is 5.34. The lowest BCUT2D eigenvalue weighted by Gasteiger charge is -2.22. The van der Waals surface area contributed by atoms with E-state index in [-0.39, 0.29) is 18.7 Å². The quantitative estimate of drug-likeness (QED) is 0.638. The smallest absolute Gasteiger partial charge is 0.308 e. The van der Waals surface area contributed by atoms with Crippen LogP contribution in [0.25, 0.3) is 0 Å². The number of carboxylic acid groups (broad SMARTS) is 1. The molecule has 7 nitrogen and oxygen atoms in total. The minimum Gasteiger partial charge on any atom is -0.481 e. The number of halogens is 1. The van der Waals surface area contributed by atoms with Gasteiger partial charge in [-0.05, 0) is 19.1 Å². The molecule has 1 unspecified atom stereocenters. The molecule has 0 bridgehead atoms. The molecule has 1 rings (SSSR count). The normalized spacial score (nSPS) is 11.8. The number of nitro groups is 1. The van der Waals surface area contributed by atoms with Crippen LogP contribution in [-0.4, -0.2) is 39.9 Å². The number of rotatable bonds is 6. The summed E-state index contributed by atoms with van der Waals surface area (Å²) in [5.41, 5.74) is -0.842. The van der Waals surface area contributed by atoms with Crippen molar-refractivity contribution in [2.45, 2.75) is 13.8 Å². The molecule has 1 amide bonds. The summed E-state index contributed by atoms with van der Waals surface area (Å²) < 4.78 is 13.2. The van der Waals surface area contributed by atoms with E-state index in [1.807, 2.05) is 0 Å². The summed E-state index contributed by atoms with van der Waals surface area (Å²) in [7, 11) is 0. The Balaban J connectivity index is 3.03. The summed E-state index contributed by atoms with van der Waals surface area (Å²) in [4.78, 5) is 34.0. The summed E-state index contributed by atoms with van der Waals surface area (Å²) in [5, 5.41) is 19.5. The molecule has 114 valence electrons. The van der Waals surface area contributed by atoms with Crippen LogP contribution in [0.3, 0.4) is 0 Å². The Morgan fingerprint density at radius 1 is 1.48 bits per heavy atom. The highest BCUT2D eigenvalue weighted by Crippen LogP contribution is 2.20. The molecule has 0 aromatic heterocycles. The van der Waals surface area contributed by atoms with Crippen molar-refractivity contribution in [2.24, 2.45) is 5.92 Å². The van der Waals surface area contributed by atoms with Gasteiger partial charge in [-0.25, -0.2) is 0 Å². The van der Waals surface area contributed by atoms with Gasteiger partial charge in [-0.15, -0.1) is 0 Å². The van der Waals surface area contributed by atoms with Gasteiger partial charge in [0.05, 0.1) is 10.8 Å². The molecule has 0 spiro atoms. The Bertz CT molecular complexity index is 576. The standard InChI is InChI=1S/C13H15FN2O5/c1-3-15(7-8(2)13(18)19)12(17)9-4-5-10(14)11(6-9)16(20)21/h4-6,8H,3,7H2,1-2H3,(H,18,19). The number of amides is 1. The Labute approximate surface area is 120 Å². The number of benzene rings is 1. The zero-order chi connectivity index (χ0) is 16.2. The van der Waals surface area contributed by atoms with Crippen LogP contribution in [-0.2, 0) is 4.79 Å². The van der Waals surface area contributed by atoms with Gasteiger partial charge in [-0.1, -0.05) is 6.92 Å². The minimum absolute atomic E-state index is 0.0319. The lowest BCUT2D eigenvalue weighted by Crippen LogP contribution is -2.36. The van der Waals surface area contributed by atoms with Crippen molar-refractivity contribution >= 4 is 17.6 Å². The van der Waals surface area contributed by atoms with E-state index in [2.05, 4.69) is 0 Å². The van der Waals surface area contributed by atoms with Crippen molar-refractivity contribution in [1.82, 2.24) is 4.90 Å². The molecule has 1 N–H and O–H groups in total. The molecule has 1 aromatic rings. The van der Waals surface area contributed by atoms with Crippen molar-refractivity contribution in [3.05, 3.63) is 39.7 Å².